The highest BCUT2D eigenvalue weighted by Crippen LogP contribution is 2.21. The summed E-state index contributed by atoms with van der Waals surface area (Å²) in [5, 5.41) is 4.44. The molecular weight excluding hydrogens is 274 g/mol. The third-order valence-corrected chi connectivity index (χ3v) is 4.21. The second kappa shape index (κ2) is 5.44. The number of alkyl halides is 1. The number of hydrogen-bond acceptors (Lipinski definition) is 2. The Bertz CT molecular complexity index is 667. The Morgan fingerprint density at radius 1 is 1.25 bits per heavy atom. The lowest BCUT2D eigenvalue weighted by Crippen LogP contribution is -2.08. The van der Waals surface area contributed by atoms with Crippen LogP contribution in [0.5, 0.6) is 0 Å². The van der Waals surface area contributed by atoms with Crippen LogP contribution in [0.15, 0.2) is 6.07 Å². The lowest BCUT2D eigenvalue weighted by atomic mass is 10.1. The van der Waals surface area contributed by atoms with Gasteiger partial charge in [-0.25, -0.2) is 0 Å². The Morgan fingerprint density at radius 2 is 1.90 bits per heavy atom. The standard InChI is InChI=1S/C15H20ClN3O/c1-9-6-13(15(20)7-16)12(4)19(9)8-14-10(2)17-18(5)11(14)3/h6H,7-8H2,1-5H3. The number of ketones is 1. The second-order valence-electron chi connectivity index (χ2n) is 5.20. The number of carbonyl (C=O) groups is 1. The summed E-state index contributed by atoms with van der Waals surface area (Å²) >= 11 is 5.66. The number of carbonyl (C=O) groups excluding carboxylic acids is 1. The third-order valence-electron chi connectivity index (χ3n) is 3.97. The van der Waals surface area contributed by atoms with Gasteiger partial charge in [0.2, 0.25) is 0 Å². The van der Waals surface area contributed by atoms with Gasteiger partial charge < -0.3 is 4.57 Å². The molecule has 2 aromatic rings. The molecule has 0 saturated heterocycles. The van der Waals surface area contributed by atoms with E-state index < -0.39 is 0 Å². The van der Waals surface area contributed by atoms with Crippen molar-refractivity contribution in [2.45, 2.75) is 34.2 Å². The van der Waals surface area contributed by atoms with Crippen LogP contribution < -0.4 is 0 Å². The Morgan fingerprint density at radius 3 is 2.40 bits per heavy atom. The summed E-state index contributed by atoms with van der Waals surface area (Å²) in [6.07, 6.45) is 0. The maximum atomic E-state index is 11.8. The van der Waals surface area contributed by atoms with E-state index in [1.165, 1.54) is 5.56 Å². The molecule has 5 heteroatoms. The fourth-order valence-electron chi connectivity index (χ4n) is 2.60. The van der Waals surface area contributed by atoms with Crippen LogP contribution in [0.25, 0.3) is 0 Å². The van der Waals surface area contributed by atoms with Crippen molar-refractivity contribution in [3.63, 3.8) is 0 Å². The van der Waals surface area contributed by atoms with Crippen molar-refractivity contribution in [2.75, 3.05) is 5.88 Å². The molecule has 20 heavy (non-hydrogen) atoms. The van der Waals surface area contributed by atoms with E-state index in [0.717, 1.165) is 34.9 Å². The molecule has 0 aliphatic carbocycles. The minimum absolute atomic E-state index is 0.0225. The number of halogens is 1. The van der Waals surface area contributed by atoms with Crippen LogP contribution in [0, 0.1) is 27.7 Å². The zero-order valence-corrected chi connectivity index (χ0v) is 13.4. The zero-order valence-electron chi connectivity index (χ0n) is 12.6. The normalized spacial score (nSPS) is 11.1. The van der Waals surface area contributed by atoms with Crippen LogP contribution in [-0.4, -0.2) is 26.0 Å². The highest BCUT2D eigenvalue weighted by molar-refractivity contribution is 6.30. The van der Waals surface area contributed by atoms with Crippen molar-refractivity contribution in [1.82, 2.24) is 14.3 Å². The molecule has 2 rings (SSSR count). The van der Waals surface area contributed by atoms with Gasteiger partial charge in [0.05, 0.1) is 18.1 Å². The van der Waals surface area contributed by atoms with E-state index >= 15 is 0 Å². The molecule has 0 aromatic carbocycles. The Balaban J connectivity index is 2.44. The van der Waals surface area contributed by atoms with E-state index in [9.17, 15) is 4.79 Å². The highest BCUT2D eigenvalue weighted by atomic mass is 35.5. The van der Waals surface area contributed by atoms with Crippen LogP contribution in [0.2, 0.25) is 0 Å². The van der Waals surface area contributed by atoms with Gasteiger partial charge in [0.1, 0.15) is 0 Å². The second-order valence-corrected chi connectivity index (χ2v) is 5.47. The molecule has 0 bridgehead atoms. The van der Waals surface area contributed by atoms with Crippen molar-refractivity contribution in [3.8, 4) is 0 Å². The molecule has 2 heterocycles. The van der Waals surface area contributed by atoms with Crippen molar-refractivity contribution in [1.29, 1.82) is 0 Å². The van der Waals surface area contributed by atoms with Gasteiger partial charge in [0, 0.05) is 35.3 Å². The maximum Gasteiger partial charge on any atom is 0.179 e. The van der Waals surface area contributed by atoms with Gasteiger partial charge in [-0.3, -0.25) is 9.48 Å². The van der Waals surface area contributed by atoms with E-state index in [1.54, 1.807) is 0 Å². The maximum absolute atomic E-state index is 11.8. The first kappa shape index (κ1) is 14.9. The highest BCUT2D eigenvalue weighted by Gasteiger charge is 2.17. The summed E-state index contributed by atoms with van der Waals surface area (Å²) in [6, 6.07) is 1.92. The Hall–Kier alpha value is -1.55. The molecule has 108 valence electrons. The van der Waals surface area contributed by atoms with Crippen molar-refractivity contribution in [3.05, 3.63) is 40.0 Å². The average molecular weight is 294 g/mol. The fraction of sp³-hybridized carbons (Fsp3) is 0.467. The first-order valence-electron chi connectivity index (χ1n) is 6.61. The molecule has 2 aromatic heterocycles. The van der Waals surface area contributed by atoms with Gasteiger partial charge in [0.25, 0.3) is 0 Å². The zero-order chi connectivity index (χ0) is 15.0. The Labute approximate surface area is 124 Å². The number of nitrogens with zero attached hydrogens (tertiary/aromatic N) is 3. The van der Waals surface area contributed by atoms with E-state index in [0.29, 0.717) is 0 Å². The van der Waals surface area contributed by atoms with E-state index in [-0.39, 0.29) is 11.7 Å². The molecule has 0 radical (unpaired) electrons. The first-order chi connectivity index (χ1) is 9.36. The van der Waals surface area contributed by atoms with Crippen LogP contribution in [-0.2, 0) is 13.6 Å². The number of hydrogen-bond donors (Lipinski definition) is 0. The largest absolute Gasteiger partial charge is 0.344 e. The number of rotatable bonds is 4. The number of Topliss-reactive ketones (excluding diaryl/α,β-unsaturated/α-hetero) is 1. The van der Waals surface area contributed by atoms with Gasteiger partial charge >= 0.3 is 0 Å². The summed E-state index contributed by atoms with van der Waals surface area (Å²) < 4.78 is 4.04. The fourth-order valence-corrected chi connectivity index (χ4v) is 2.75. The molecule has 0 amide bonds. The van der Waals surface area contributed by atoms with Crippen molar-refractivity contribution >= 4 is 17.4 Å². The monoisotopic (exact) mass is 293 g/mol. The van der Waals surface area contributed by atoms with Crippen LogP contribution in [0.4, 0.5) is 0 Å². The minimum atomic E-state index is -0.0225. The molecule has 0 N–H and O–H groups in total. The molecule has 0 spiro atoms. The van der Waals surface area contributed by atoms with Gasteiger partial charge in [0.15, 0.2) is 5.78 Å². The minimum Gasteiger partial charge on any atom is -0.344 e. The van der Waals surface area contributed by atoms with Gasteiger partial charge in [-0.1, -0.05) is 0 Å². The molecule has 4 nitrogen and oxygen atoms in total. The van der Waals surface area contributed by atoms with E-state index in [4.69, 9.17) is 11.6 Å². The topological polar surface area (TPSA) is 39.8 Å². The molecule has 0 atom stereocenters. The third kappa shape index (κ3) is 2.40. The van der Waals surface area contributed by atoms with Gasteiger partial charge in [-0.2, -0.15) is 5.10 Å². The van der Waals surface area contributed by atoms with Gasteiger partial charge in [-0.15, -0.1) is 11.6 Å². The number of aryl methyl sites for hydroxylation is 3. The van der Waals surface area contributed by atoms with E-state index in [1.807, 2.05) is 38.6 Å². The van der Waals surface area contributed by atoms with Crippen LogP contribution >= 0.6 is 11.6 Å². The van der Waals surface area contributed by atoms with Crippen LogP contribution in [0.1, 0.15) is 38.7 Å². The Kier molecular flexibility index (Phi) is 4.04. The molecule has 0 aliphatic heterocycles. The van der Waals surface area contributed by atoms with Crippen LogP contribution in [0.3, 0.4) is 0 Å². The van der Waals surface area contributed by atoms with Crippen molar-refractivity contribution < 1.29 is 4.79 Å². The summed E-state index contributed by atoms with van der Waals surface area (Å²) in [5.41, 5.74) is 6.15. The molecular formula is C15H20ClN3O. The predicted octanol–water partition coefficient (Wildman–Crippen LogP) is 2.93. The predicted molar refractivity (Wildman–Crippen MR) is 80.7 cm³/mol. The smallest absolute Gasteiger partial charge is 0.179 e. The average Bonchev–Trinajstić information content (AvgIpc) is 2.82. The quantitative estimate of drug-likeness (QED) is 0.642. The molecule has 0 saturated carbocycles. The molecule has 0 aliphatic rings. The first-order valence-corrected chi connectivity index (χ1v) is 7.15. The van der Waals surface area contributed by atoms with Crippen molar-refractivity contribution in [2.24, 2.45) is 7.05 Å². The lowest BCUT2D eigenvalue weighted by Gasteiger charge is -2.10. The summed E-state index contributed by atoms with van der Waals surface area (Å²) in [5.74, 6) is 0.000508. The summed E-state index contributed by atoms with van der Waals surface area (Å²) in [4.78, 5) is 11.8. The number of aromatic nitrogens is 3. The SMILES string of the molecule is Cc1nn(C)c(C)c1Cn1c(C)cc(C(=O)CCl)c1C. The summed E-state index contributed by atoms with van der Waals surface area (Å²) in [7, 11) is 1.95. The van der Waals surface area contributed by atoms with Gasteiger partial charge in [-0.05, 0) is 33.8 Å². The molecule has 0 fully saturated rings. The lowest BCUT2D eigenvalue weighted by molar-refractivity contribution is 0.102. The molecule has 0 unspecified atom stereocenters. The van der Waals surface area contributed by atoms with E-state index in [2.05, 4.69) is 16.6 Å². The summed E-state index contributed by atoms with van der Waals surface area (Å²) in [6.45, 7) is 8.79.